The van der Waals surface area contributed by atoms with Crippen LogP contribution in [0.25, 0.3) is 0 Å². The molecule has 5 nitrogen and oxygen atoms in total. The van der Waals surface area contributed by atoms with Crippen molar-refractivity contribution >= 4 is 5.91 Å². The first-order chi connectivity index (χ1) is 12.0. The lowest BCUT2D eigenvalue weighted by molar-refractivity contribution is 0.0777. The van der Waals surface area contributed by atoms with E-state index in [0.717, 1.165) is 6.54 Å². The van der Waals surface area contributed by atoms with Crippen LogP contribution < -0.4 is 0 Å². The van der Waals surface area contributed by atoms with Crippen LogP contribution in [0.4, 0.5) is 0 Å². The van der Waals surface area contributed by atoms with Crippen molar-refractivity contribution in [2.75, 3.05) is 20.1 Å². The molecule has 1 aliphatic heterocycles. The molecule has 1 aromatic heterocycles. The summed E-state index contributed by atoms with van der Waals surface area (Å²) in [5.74, 6) is -0.0321. The maximum atomic E-state index is 12.7. The Bertz CT molecular complexity index is 716. The van der Waals surface area contributed by atoms with Crippen LogP contribution in [0.2, 0.25) is 0 Å². The Balaban J connectivity index is 1.69. The molecular formula is C20H28N4O. The molecule has 0 saturated carbocycles. The lowest BCUT2D eigenvalue weighted by atomic mass is 10.1. The maximum Gasteiger partial charge on any atom is 0.274 e. The van der Waals surface area contributed by atoms with Crippen molar-refractivity contribution in [3.8, 4) is 0 Å². The molecule has 1 amide bonds. The molecule has 3 rings (SSSR count). The van der Waals surface area contributed by atoms with Crippen molar-refractivity contribution < 1.29 is 4.79 Å². The molecule has 25 heavy (non-hydrogen) atoms. The van der Waals surface area contributed by atoms with Crippen LogP contribution in [0.15, 0.2) is 36.5 Å². The number of hydrogen-bond acceptors (Lipinski definition) is 3. The van der Waals surface area contributed by atoms with Gasteiger partial charge in [0, 0.05) is 32.4 Å². The van der Waals surface area contributed by atoms with Crippen molar-refractivity contribution in [3.05, 3.63) is 53.3 Å². The van der Waals surface area contributed by atoms with E-state index in [1.165, 1.54) is 37.1 Å². The smallest absolute Gasteiger partial charge is 0.274 e. The number of carbonyl (C=O) groups excluding carboxylic acids is 1. The normalized spacial score (nSPS) is 15.0. The number of nitrogens with zero attached hydrogens (tertiary/aromatic N) is 4. The molecule has 0 aliphatic carbocycles. The van der Waals surface area contributed by atoms with Crippen LogP contribution >= 0.6 is 0 Å². The monoisotopic (exact) mass is 340 g/mol. The van der Waals surface area contributed by atoms with E-state index in [9.17, 15) is 4.79 Å². The minimum Gasteiger partial charge on any atom is -0.336 e. The standard InChI is InChI=1S/C20H28N4O/c1-16(2)24-13-10-19(21-24)20(25)22(3)14-17-8-4-5-9-18(17)15-23-11-6-7-12-23/h4-5,8-10,13,16H,6-7,11-12,14-15H2,1-3H3. The predicted octanol–water partition coefficient (Wildman–Crippen LogP) is 3.33. The first kappa shape index (κ1) is 17.7. The summed E-state index contributed by atoms with van der Waals surface area (Å²) in [7, 11) is 1.85. The summed E-state index contributed by atoms with van der Waals surface area (Å²) in [5.41, 5.74) is 3.04. The van der Waals surface area contributed by atoms with E-state index in [2.05, 4.69) is 48.1 Å². The fourth-order valence-corrected chi connectivity index (χ4v) is 3.31. The Morgan fingerprint density at radius 2 is 1.84 bits per heavy atom. The summed E-state index contributed by atoms with van der Waals surface area (Å²) >= 11 is 0. The van der Waals surface area contributed by atoms with Gasteiger partial charge in [-0.1, -0.05) is 24.3 Å². The SMILES string of the molecule is CC(C)n1ccc(C(=O)N(C)Cc2ccccc2CN2CCCC2)n1. The Morgan fingerprint density at radius 3 is 2.48 bits per heavy atom. The molecule has 0 N–H and O–H groups in total. The minimum absolute atomic E-state index is 0.0321. The Labute approximate surface area is 150 Å². The zero-order chi connectivity index (χ0) is 17.8. The van der Waals surface area contributed by atoms with Gasteiger partial charge in [-0.25, -0.2) is 0 Å². The summed E-state index contributed by atoms with van der Waals surface area (Å²) < 4.78 is 1.82. The molecule has 1 saturated heterocycles. The highest BCUT2D eigenvalue weighted by Gasteiger charge is 2.18. The summed E-state index contributed by atoms with van der Waals surface area (Å²) in [6.07, 6.45) is 4.45. The molecule has 1 aromatic carbocycles. The van der Waals surface area contributed by atoms with Crippen LogP contribution in [0.5, 0.6) is 0 Å². The third kappa shape index (κ3) is 4.28. The predicted molar refractivity (Wildman–Crippen MR) is 99.4 cm³/mol. The first-order valence-electron chi connectivity index (χ1n) is 9.14. The summed E-state index contributed by atoms with van der Waals surface area (Å²) in [5, 5.41) is 4.40. The van der Waals surface area contributed by atoms with Gasteiger partial charge in [-0.05, 0) is 57.0 Å². The van der Waals surface area contributed by atoms with Gasteiger partial charge in [0.25, 0.3) is 5.91 Å². The average molecular weight is 340 g/mol. The van der Waals surface area contributed by atoms with Gasteiger partial charge in [0.05, 0.1) is 0 Å². The molecule has 0 radical (unpaired) electrons. The van der Waals surface area contributed by atoms with Gasteiger partial charge in [-0.3, -0.25) is 14.4 Å². The van der Waals surface area contributed by atoms with Crippen LogP contribution in [0.3, 0.4) is 0 Å². The largest absolute Gasteiger partial charge is 0.336 e. The van der Waals surface area contributed by atoms with Gasteiger partial charge in [0.15, 0.2) is 0 Å². The van der Waals surface area contributed by atoms with Gasteiger partial charge < -0.3 is 4.90 Å². The van der Waals surface area contributed by atoms with E-state index in [1.807, 2.05) is 17.9 Å². The molecular weight excluding hydrogens is 312 g/mol. The van der Waals surface area contributed by atoms with E-state index in [-0.39, 0.29) is 11.9 Å². The van der Waals surface area contributed by atoms with Crippen LogP contribution in [-0.2, 0) is 13.1 Å². The second-order valence-electron chi connectivity index (χ2n) is 7.19. The van der Waals surface area contributed by atoms with Crippen molar-refractivity contribution in [1.29, 1.82) is 0 Å². The van der Waals surface area contributed by atoms with Gasteiger partial charge in [0.1, 0.15) is 5.69 Å². The second-order valence-corrected chi connectivity index (χ2v) is 7.19. The number of amides is 1. The first-order valence-corrected chi connectivity index (χ1v) is 9.14. The zero-order valence-corrected chi connectivity index (χ0v) is 15.5. The zero-order valence-electron chi connectivity index (χ0n) is 15.5. The molecule has 0 bridgehead atoms. The maximum absolute atomic E-state index is 12.7. The van der Waals surface area contributed by atoms with E-state index >= 15 is 0 Å². The highest BCUT2D eigenvalue weighted by molar-refractivity contribution is 5.92. The fourth-order valence-electron chi connectivity index (χ4n) is 3.31. The number of benzene rings is 1. The van der Waals surface area contributed by atoms with Crippen LogP contribution in [-0.4, -0.2) is 45.6 Å². The third-order valence-corrected chi connectivity index (χ3v) is 4.82. The van der Waals surface area contributed by atoms with E-state index in [4.69, 9.17) is 0 Å². The van der Waals surface area contributed by atoms with Crippen LogP contribution in [0.1, 0.15) is 54.3 Å². The lowest BCUT2D eigenvalue weighted by Crippen LogP contribution is -2.28. The number of rotatable bonds is 6. The van der Waals surface area contributed by atoms with Crippen molar-refractivity contribution in [2.45, 2.75) is 45.8 Å². The van der Waals surface area contributed by atoms with E-state index in [1.54, 1.807) is 11.0 Å². The molecule has 2 aromatic rings. The van der Waals surface area contributed by atoms with Gasteiger partial charge in [-0.15, -0.1) is 0 Å². The number of aromatic nitrogens is 2. The number of hydrogen-bond donors (Lipinski definition) is 0. The molecule has 5 heteroatoms. The number of likely N-dealkylation sites (tertiary alicyclic amines) is 1. The van der Waals surface area contributed by atoms with E-state index < -0.39 is 0 Å². The second kappa shape index (κ2) is 7.83. The van der Waals surface area contributed by atoms with Crippen molar-refractivity contribution in [3.63, 3.8) is 0 Å². The summed E-state index contributed by atoms with van der Waals surface area (Å²) in [4.78, 5) is 16.9. The molecule has 1 aliphatic rings. The van der Waals surface area contributed by atoms with Gasteiger partial charge in [0.2, 0.25) is 0 Å². The Morgan fingerprint density at radius 1 is 1.16 bits per heavy atom. The minimum atomic E-state index is -0.0321. The Kier molecular flexibility index (Phi) is 5.53. The van der Waals surface area contributed by atoms with E-state index in [0.29, 0.717) is 12.2 Å². The third-order valence-electron chi connectivity index (χ3n) is 4.82. The molecule has 0 spiro atoms. The van der Waals surface area contributed by atoms with Gasteiger partial charge >= 0.3 is 0 Å². The molecule has 134 valence electrons. The van der Waals surface area contributed by atoms with Gasteiger partial charge in [-0.2, -0.15) is 5.10 Å². The summed E-state index contributed by atoms with van der Waals surface area (Å²) in [6, 6.07) is 10.5. The fraction of sp³-hybridized carbons (Fsp3) is 0.500. The average Bonchev–Trinajstić information content (AvgIpc) is 3.27. The highest BCUT2D eigenvalue weighted by atomic mass is 16.2. The lowest BCUT2D eigenvalue weighted by Gasteiger charge is -2.21. The van der Waals surface area contributed by atoms with Crippen LogP contribution in [0, 0.1) is 0 Å². The number of carbonyl (C=O) groups is 1. The summed E-state index contributed by atoms with van der Waals surface area (Å²) in [6.45, 7) is 8.04. The molecule has 2 heterocycles. The topological polar surface area (TPSA) is 41.4 Å². The Hall–Kier alpha value is -2.14. The van der Waals surface area contributed by atoms with Crippen molar-refractivity contribution in [1.82, 2.24) is 19.6 Å². The molecule has 1 fully saturated rings. The molecule has 0 atom stereocenters. The molecule has 0 unspecified atom stereocenters. The highest BCUT2D eigenvalue weighted by Crippen LogP contribution is 2.18. The quantitative estimate of drug-likeness (QED) is 0.810. The van der Waals surface area contributed by atoms with Crippen molar-refractivity contribution in [2.24, 2.45) is 0 Å².